The fraction of sp³-hybridized carbons (Fsp3) is 0.0556. The van der Waals surface area contributed by atoms with E-state index in [4.69, 9.17) is 23.2 Å². The summed E-state index contributed by atoms with van der Waals surface area (Å²) in [5.41, 5.74) is 3.11. The fourth-order valence-electron chi connectivity index (χ4n) is 2.38. The van der Waals surface area contributed by atoms with Crippen LogP contribution in [0.15, 0.2) is 42.5 Å². The Balaban J connectivity index is 1.69. The SMILES string of the molecule is Cc1ccc(/C=C/c2nn3c(-c4ccc(Cl)cc4Cl)nnc3s2)cc1. The van der Waals surface area contributed by atoms with Gasteiger partial charge in [0.25, 0.3) is 0 Å². The quantitative estimate of drug-likeness (QED) is 0.457. The molecular formula is C18H12Cl2N4S. The molecule has 0 aliphatic rings. The predicted molar refractivity (Wildman–Crippen MR) is 104 cm³/mol. The molecule has 0 unspecified atom stereocenters. The highest BCUT2D eigenvalue weighted by Crippen LogP contribution is 2.30. The van der Waals surface area contributed by atoms with Crippen molar-refractivity contribution in [3.63, 3.8) is 0 Å². The largest absolute Gasteiger partial charge is 0.235 e. The summed E-state index contributed by atoms with van der Waals surface area (Å²) >= 11 is 13.7. The Labute approximate surface area is 158 Å². The second kappa shape index (κ2) is 6.59. The second-order valence-corrected chi connectivity index (χ2v) is 7.36. The molecule has 4 aromatic rings. The number of aryl methyl sites for hydroxylation is 1. The van der Waals surface area contributed by atoms with Gasteiger partial charge in [0, 0.05) is 10.6 Å². The Morgan fingerprint density at radius 3 is 2.56 bits per heavy atom. The molecule has 25 heavy (non-hydrogen) atoms. The predicted octanol–water partition coefficient (Wildman–Crippen LogP) is 5.64. The third-order valence-electron chi connectivity index (χ3n) is 3.67. The number of hydrogen-bond donors (Lipinski definition) is 0. The van der Waals surface area contributed by atoms with Crippen molar-refractivity contribution < 1.29 is 0 Å². The van der Waals surface area contributed by atoms with E-state index in [1.807, 2.05) is 18.2 Å². The van der Waals surface area contributed by atoms with Crippen LogP contribution in [0.25, 0.3) is 28.5 Å². The van der Waals surface area contributed by atoms with E-state index in [0.717, 1.165) is 16.1 Å². The van der Waals surface area contributed by atoms with Crippen molar-refractivity contribution in [3.8, 4) is 11.4 Å². The Morgan fingerprint density at radius 1 is 1.00 bits per heavy atom. The number of nitrogens with zero attached hydrogens (tertiary/aromatic N) is 4. The van der Waals surface area contributed by atoms with Crippen molar-refractivity contribution in [3.05, 3.63) is 68.6 Å². The average molecular weight is 387 g/mol. The van der Waals surface area contributed by atoms with Gasteiger partial charge >= 0.3 is 0 Å². The summed E-state index contributed by atoms with van der Waals surface area (Å²) in [5.74, 6) is 0.600. The smallest absolute Gasteiger partial charge is 0.182 e. The van der Waals surface area contributed by atoms with Crippen molar-refractivity contribution >= 4 is 51.7 Å². The number of rotatable bonds is 3. The van der Waals surface area contributed by atoms with Crippen molar-refractivity contribution in [1.29, 1.82) is 0 Å². The molecule has 0 atom stereocenters. The van der Waals surface area contributed by atoms with Crippen molar-refractivity contribution in [2.75, 3.05) is 0 Å². The highest BCUT2D eigenvalue weighted by atomic mass is 35.5. The van der Waals surface area contributed by atoms with Crippen molar-refractivity contribution in [1.82, 2.24) is 19.8 Å². The van der Waals surface area contributed by atoms with Crippen LogP contribution in [0, 0.1) is 6.92 Å². The first-order valence-electron chi connectivity index (χ1n) is 7.52. The van der Waals surface area contributed by atoms with Crippen LogP contribution < -0.4 is 0 Å². The lowest BCUT2D eigenvalue weighted by Crippen LogP contribution is -1.91. The molecule has 0 N–H and O–H groups in total. The number of halogens is 2. The molecule has 0 saturated carbocycles. The highest BCUT2D eigenvalue weighted by molar-refractivity contribution is 7.17. The Morgan fingerprint density at radius 2 is 1.80 bits per heavy atom. The van der Waals surface area contributed by atoms with Crippen molar-refractivity contribution in [2.24, 2.45) is 0 Å². The van der Waals surface area contributed by atoms with Crippen LogP contribution in [0.4, 0.5) is 0 Å². The van der Waals surface area contributed by atoms with Crippen LogP contribution in [0.5, 0.6) is 0 Å². The molecule has 2 aromatic heterocycles. The van der Waals surface area contributed by atoms with Crippen LogP contribution in [0.2, 0.25) is 10.0 Å². The Kier molecular flexibility index (Phi) is 4.29. The van der Waals surface area contributed by atoms with Gasteiger partial charge in [-0.05, 0) is 36.8 Å². The first-order valence-corrected chi connectivity index (χ1v) is 9.10. The first kappa shape index (κ1) is 16.3. The summed E-state index contributed by atoms with van der Waals surface area (Å²) in [7, 11) is 0. The molecule has 4 nitrogen and oxygen atoms in total. The molecule has 2 aromatic carbocycles. The summed E-state index contributed by atoms with van der Waals surface area (Å²) in [6.45, 7) is 2.07. The molecule has 0 amide bonds. The maximum Gasteiger partial charge on any atom is 0.235 e. The van der Waals surface area contributed by atoms with Gasteiger partial charge in [-0.25, -0.2) is 0 Å². The van der Waals surface area contributed by atoms with Crippen molar-refractivity contribution in [2.45, 2.75) is 6.92 Å². The molecule has 0 spiro atoms. The molecule has 124 valence electrons. The van der Waals surface area contributed by atoms with Gasteiger partial charge in [-0.1, -0.05) is 70.4 Å². The monoisotopic (exact) mass is 386 g/mol. The third kappa shape index (κ3) is 3.31. The minimum Gasteiger partial charge on any atom is -0.182 e. The molecule has 2 heterocycles. The highest BCUT2D eigenvalue weighted by Gasteiger charge is 2.15. The molecule has 0 bridgehead atoms. The van der Waals surface area contributed by atoms with E-state index in [1.54, 1.807) is 16.6 Å². The number of aromatic nitrogens is 4. The van der Waals surface area contributed by atoms with Crippen LogP contribution in [0.1, 0.15) is 16.1 Å². The van der Waals surface area contributed by atoms with Gasteiger partial charge in [0.1, 0.15) is 5.01 Å². The minimum absolute atomic E-state index is 0.520. The topological polar surface area (TPSA) is 43.1 Å². The normalized spacial score (nSPS) is 11.6. The summed E-state index contributed by atoms with van der Waals surface area (Å²) in [4.78, 5) is 0.713. The lowest BCUT2D eigenvalue weighted by molar-refractivity contribution is 0.960. The summed E-state index contributed by atoms with van der Waals surface area (Å²) in [5, 5.41) is 14.9. The zero-order valence-electron chi connectivity index (χ0n) is 13.1. The zero-order chi connectivity index (χ0) is 17.4. The summed E-state index contributed by atoms with van der Waals surface area (Å²) < 4.78 is 1.70. The number of fused-ring (bicyclic) bond motifs is 1. The first-order chi connectivity index (χ1) is 12.1. The van der Waals surface area contributed by atoms with Gasteiger partial charge < -0.3 is 0 Å². The van der Waals surface area contributed by atoms with Gasteiger partial charge in [-0.3, -0.25) is 0 Å². The standard InChI is InChI=1S/C18H12Cl2N4S/c1-11-2-4-12(5-3-11)6-9-16-23-24-17(21-22-18(24)25-16)14-8-7-13(19)10-15(14)20/h2-10H,1H3/b9-6+. The number of hydrogen-bond acceptors (Lipinski definition) is 4. The minimum atomic E-state index is 0.520. The maximum atomic E-state index is 6.28. The zero-order valence-corrected chi connectivity index (χ0v) is 15.5. The average Bonchev–Trinajstić information content (AvgIpc) is 3.15. The lowest BCUT2D eigenvalue weighted by atomic mass is 10.1. The Hall–Kier alpha value is -2.21. The van der Waals surface area contributed by atoms with E-state index in [9.17, 15) is 0 Å². The molecule has 7 heteroatoms. The van der Waals surface area contributed by atoms with E-state index in [-0.39, 0.29) is 0 Å². The number of benzene rings is 2. The van der Waals surface area contributed by atoms with E-state index in [1.165, 1.54) is 16.9 Å². The maximum absolute atomic E-state index is 6.28. The molecular weight excluding hydrogens is 375 g/mol. The van der Waals surface area contributed by atoms with Crippen LogP contribution in [0.3, 0.4) is 0 Å². The second-order valence-electron chi connectivity index (χ2n) is 5.53. The van der Waals surface area contributed by atoms with Gasteiger partial charge in [0.15, 0.2) is 5.82 Å². The van der Waals surface area contributed by atoms with E-state index >= 15 is 0 Å². The van der Waals surface area contributed by atoms with Gasteiger partial charge in [-0.2, -0.15) is 9.61 Å². The molecule has 0 fully saturated rings. The third-order valence-corrected chi connectivity index (χ3v) is 5.09. The van der Waals surface area contributed by atoms with Crippen LogP contribution >= 0.6 is 34.5 Å². The molecule has 4 rings (SSSR count). The van der Waals surface area contributed by atoms with Gasteiger partial charge in [-0.15, -0.1) is 10.2 Å². The van der Waals surface area contributed by atoms with Crippen LogP contribution in [-0.2, 0) is 0 Å². The van der Waals surface area contributed by atoms with E-state index < -0.39 is 0 Å². The summed E-state index contributed by atoms with van der Waals surface area (Å²) in [6.07, 6.45) is 4.00. The summed E-state index contributed by atoms with van der Waals surface area (Å²) in [6, 6.07) is 13.6. The molecule has 0 aliphatic heterocycles. The van der Waals surface area contributed by atoms with E-state index in [0.29, 0.717) is 20.8 Å². The van der Waals surface area contributed by atoms with Gasteiger partial charge in [0.2, 0.25) is 4.96 Å². The van der Waals surface area contributed by atoms with E-state index in [2.05, 4.69) is 46.5 Å². The lowest BCUT2D eigenvalue weighted by Gasteiger charge is -2.00. The molecule has 0 aliphatic carbocycles. The fourth-order valence-corrected chi connectivity index (χ4v) is 3.62. The molecule has 0 radical (unpaired) electrons. The van der Waals surface area contributed by atoms with Gasteiger partial charge in [0.05, 0.1) is 5.02 Å². The van der Waals surface area contributed by atoms with Crippen LogP contribution in [-0.4, -0.2) is 19.8 Å². The Bertz CT molecular complexity index is 1080. The molecule has 0 saturated heterocycles.